The predicted octanol–water partition coefficient (Wildman–Crippen LogP) is 2.66. The van der Waals surface area contributed by atoms with E-state index in [0.29, 0.717) is 0 Å². The molecule has 4 nitrogen and oxygen atoms in total. The first-order valence-corrected chi connectivity index (χ1v) is 6.93. The molecule has 0 amide bonds. The summed E-state index contributed by atoms with van der Waals surface area (Å²) < 4.78 is 2.27. The van der Waals surface area contributed by atoms with Crippen molar-refractivity contribution in [2.24, 2.45) is 11.8 Å². The van der Waals surface area contributed by atoms with E-state index in [2.05, 4.69) is 25.9 Å². The van der Waals surface area contributed by atoms with E-state index in [4.69, 9.17) is 0 Å². The van der Waals surface area contributed by atoms with Gasteiger partial charge in [0.15, 0.2) is 0 Å². The third kappa shape index (κ3) is 2.07. The fourth-order valence-corrected chi connectivity index (χ4v) is 2.35. The van der Waals surface area contributed by atoms with Gasteiger partial charge in [-0.25, -0.2) is 9.97 Å². The smallest absolute Gasteiger partial charge is 0.128 e. The lowest BCUT2D eigenvalue weighted by Crippen LogP contribution is -2.05. The fourth-order valence-electron chi connectivity index (χ4n) is 2.35. The maximum Gasteiger partial charge on any atom is 0.128 e. The van der Waals surface area contributed by atoms with Crippen molar-refractivity contribution in [3.63, 3.8) is 0 Å². The highest BCUT2D eigenvalue weighted by molar-refractivity contribution is 5.77. The first-order chi connectivity index (χ1) is 8.88. The summed E-state index contributed by atoms with van der Waals surface area (Å²) in [5, 5.41) is 3.43. The predicted molar refractivity (Wildman–Crippen MR) is 71.5 cm³/mol. The largest absolute Gasteiger partial charge is 0.370 e. The van der Waals surface area contributed by atoms with Crippen LogP contribution in [-0.4, -0.2) is 21.1 Å². The van der Waals surface area contributed by atoms with Gasteiger partial charge in [-0.15, -0.1) is 0 Å². The van der Waals surface area contributed by atoms with Crippen molar-refractivity contribution < 1.29 is 0 Å². The summed E-state index contributed by atoms with van der Waals surface area (Å²) in [6.07, 6.45) is 9.32. The van der Waals surface area contributed by atoms with Crippen LogP contribution in [0, 0.1) is 11.8 Å². The number of rotatable bonds is 5. The van der Waals surface area contributed by atoms with Crippen molar-refractivity contribution in [2.75, 3.05) is 11.9 Å². The highest BCUT2D eigenvalue weighted by atomic mass is 15.1. The molecule has 2 aliphatic carbocycles. The number of hydrogen-bond acceptors (Lipinski definition) is 3. The second kappa shape index (κ2) is 3.97. The minimum atomic E-state index is 0.874. The lowest BCUT2D eigenvalue weighted by molar-refractivity contribution is 0.642. The summed E-state index contributed by atoms with van der Waals surface area (Å²) in [5.74, 6) is 2.74. The number of hydrogen-bond donors (Lipinski definition) is 1. The van der Waals surface area contributed by atoms with Crippen LogP contribution in [0.2, 0.25) is 0 Å². The molecule has 2 aromatic heterocycles. The van der Waals surface area contributed by atoms with Gasteiger partial charge in [0.1, 0.15) is 11.3 Å². The molecule has 0 atom stereocenters. The second-order valence-electron chi connectivity index (χ2n) is 5.72. The van der Waals surface area contributed by atoms with Crippen molar-refractivity contribution in [3.8, 4) is 0 Å². The quantitative estimate of drug-likeness (QED) is 0.876. The lowest BCUT2D eigenvalue weighted by atomic mass is 10.3. The Hall–Kier alpha value is -1.58. The van der Waals surface area contributed by atoms with Crippen molar-refractivity contribution >= 4 is 16.9 Å². The Morgan fingerprint density at radius 1 is 1.17 bits per heavy atom. The van der Waals surface area contributed by atoms with Gasteiger partial charge < -0.3 is 9.88 Å². The summed E-state index contributed by atoms with van der Waals surface area (Å²) in [5.41, 5.74) is 2.22. The zero-order chi connectivity index (χ0) is 11.9. The van der Waals surface area contributed by atoms with E-state index in [1.54, 1.807) is 0 Å². The molecule has 2 aromatic rings. The Balaban J connectivity index is 1.59. The van der Waals surface area contributed by atoms with E-state index >= 15 is 0 Å². The Kier molecular flexibility index (Phi) is 2.28. The average molecular weight is 242 g/mol. The van der Waals surface area contributed by atoms with Gasteiger partial charge in [-0.05, 0) is 37.5 Å². The number of aromatic nitrogens is 3. The maximum absolute atomic E-state index is 4.43. The minimum Gasteiger partial charge on any atom is -0.370 e. The molecule has 94 valence electrons. The van der Waals surface area contributed by atoms with Crippen LogP contribution in [0.3, 0.4) is 0 Å². The van der Waals surface area contributed by atoms with Crippen molar-refractivity contribution in [3.05, 3.63) is 18.6 Å². The molecule has 0 unspecified atom stereocenters. The van der Waals surface area contributed by atoms with Gasteiger partial charge in [0.05, 0.1) is 18.0 Å². The standard InChI is InChI=1S/C14H18N4/c1-2-10(1)6-15-14-5-13-12(7-16-14)17-9-18(13)8-11-3-4-11/h5,7,9-11H,1-4,6,8H2,(H,15,16). The molecule has 2 fully saturated rings. The molecule has 2 heterocycles. The third-order valence-electron chi connectivity index (χ3n) is 3.93. The number of imidazole rings is 1. The van der Waals surface area contributed by atoms with E-state index < -0.39 is 0 Å². The summed E-state index contributed by atoms with van der Waals surface area (Å²) in [7, 11) is 0. The van der Waals surface area contributed by atoms with Gasteiger partial charge >= 0.3 is 0 Å². The van der Waals surface area contributed by atoms with E-state index in [-0.39, 0.29) is 0 Å². The van der Waals surface area contributed by atoms with E-state index in [1.165, 1.54) is 31.2 Å². The Morgan fingerprint density at radius 3 is 2.78 bits per heavy atom. The van der Waals surface area contributed by atoms with Gasteiger partial charge in [-0.3, -0.25) is 0 Å². The number of nitrogens with zero attached hydrogens (tertiary/aromatic N) is 3. The first-order valence-electron chi connectivity index (χ1n) is 6.93. The van der Waals surface area contributed by atoms with Crippen molar-refractivity contribution in [1.82, 2.24) is 14.5 Å². The van der Waals surface area contributed by atoms with Crippen LogP contribution >= 0.6 is 0 Å². The van der Waals surface area contributed by atoms with Crippen LogP contribution in [-0.2, 0) is 6.54 Å². The average Bonchev–Trinajstić information content (AvgIpc) is 3.28. The summed E-state index contributed by atoms with van der Waals surface area (Å²) in [6.45, 7) is 2.18. The van der Waals surface area contributed by atoms with Gasteiger partial charge in [0.2, 0.25) is 0 Å². The van der Waals surface area contributed by atoms with Crippen LogP contribution in [0.25, 0.3) is 11.0 Å². The van der Waals surface area contributed by atoms with Gasteiger partial charge in [0, 0.05) is 19.2 Å². The van der Waals surface area contributed by atoms with Crippen molar-refractivity contribution in [2.45, 2.75) is 32.2 Å². The molecular formula is C14H18N4. The summed E-state index contributed by atoms with van der Waals surface area (Å²) in [6, 6.07) is 2.15. The number of pyridine rings is 1. The molecule has 0 aromatic carbocycles. The normalized spacial score (nSPS) is 19.3. The van der Waals surface area contributed by atoms with Gasteiger partial charge in [-0.1, -0.05) is 0 Å². The second-order valence-corrected chi connectivity index (χ2v) is 5.72. The molecule has 4 heteroatoms. The van der Waals surface area contributed by atoms with Crippen molar-refractivity contribution in [1.29, 1.82) is 0 Å². The number of anilines is 1. The van der Waals surface area contributed by atoms with Gasteiger partial charge in [-0.2, -0.15) is 0 Å². The first kappa shape index (κ1) is 10.4. The number of nitrogens with one attached hydrogen (secondary N) is 1. The van der Waals surface area contributed by atoms with E-state index in [0.717, 1.165) is 36.3 Å². The molecule has 2 saturated carbocycles. The van der Waals surface area contributed by atoms with Crippen LogP contribution in [0.15, 0.2) is 18.6 Å². The van der Waals surface area contributed by atoms with E-state index in [1.807, 2.05) is 12.5 Å². The third-order valence-corrected chi connectivity index (χ3v) is 3.93. The summed E-state index contributed by atoms with van der Waals surface area (Å²) in [4.78, 5) is 8.85. The maximum atomic E-state index is 4.43. The molecule has 0 spiro atoms. The van der Waals surface area contributed by atoms with Crippen LogP contribution in [0.4, 0.5) is 5.82 Å². The fraction of sp³-hybridized carbons (Fsp3) is 0.571. The minimum absolute atomic E-state index is 0.874. The zero-order valence-electron chi connectivity index (χ0n) is 10.5. The molecule has 2 aliphatic rings. The highest BCUT2D eigenvalue weighted by Gasteiger charge is 2.23. The molecule has 0 aliphatic heterocycles. The zero-order valence-corrected chi connectivity index (χ0v) is 10.5. The molecule has 4 rings (SSSR count). The Labute approximate surface area is 106 Å². The van der Waals surface area contributed by atoms with Crippen LogP contribution in [0.1, 0.15) is 25.7 Å². The summed E-state index contributed by atoms with van der Waals surface area (Å²) >= 11 is 0. The topological polar surface area (TPSA) is 42.7 Å². The molecule has 0 saturated heterocycles. The van der Waals surface area contributed by atoms with Crippen LogP contribution in [0.5, 0.6) is 0 Å². The lowest BCUT2D eigenvalue weighted by Gasteiger charge is -2.06. The Bertz CT molecular complexity index is 566. The monoisotopic (exact) mass is 242 g/mol. The molecule has 18 heavy (non-hydrogen) atoms. The number of fused-ring (bicyclic) bond motifs is 1. The Morgan fingerprint density at radius 2 is 2.00 bits per heavy atom. The molecule has 0 bridgehead atoms. The highest BCUT2D eigenvalue weighted by Crippen LogP contribution is 2.32. The molecule has 1 N–H and O–H groups in total. The molecule has 0 radical (unpaired) electrons. The van der Waals surface area contributed by atoms with Crippen LogP contribution < -0.4 is 5.32 Å². The SMILES string of the molecule is c1nc(NCC2CC2)cc2c1ncn2CC1CC1. The molecular weight excluding hydrogens is 224 g/mol. The van der Waals surface area contributed by atoms with E-state index in [9.17, 15) is 0 Å². The van der Waals surface area contributed by atoms with Gasteiger partial charge in [0.25, 0.3) is 0 Å².